The topological polar surface area (TPSA) is 78.5 Å². The zero-order valence-electron chi connectivity index (χ0n) is 16.6. The highest BCUT2D eigenvalue weighted by Gasteiger charge is 2.52. The molecule has 0 saturated carbocycles. The molecule has 0 bridgehead atoms. The van der Waals surface area contributed by atoms with Gasteiger partial charge in [-0.1, -0.05) is 41.4 Å². The lowest BCUT2D eigenvalue weighted by molar-refractivity contribution is -0.136. The summed E-state index contributed by atoms with van der Waals surface area (Å²) in [4.78, 5) is 39.7. The number of nitrogens with one attached hydrogen (secondary N) is 2. The molecule has 2 aromatic rings. The third-order valence-corrected chi connectivity index (χ3v) is 6.42. The molecule has 0 radical (unpaired) electrons. The number of fused-ring (bicyclic) bond motifs is 1. The van der Waals surface area contributed by atoms with Crippen molar-refractivity contribution in [2.24, 2.45) is 0 Å². The molecule has 30 heavy (non-hydrogen) atoms. The van der Waals surface area contributed by atoms with E-state index in [0.717, 1.165) is 29.7 Å². The number of anilines is 1. The van der Waals surface area contributed by atoms with Crippen LogP contribution in [0.15, 0.2) is 36.4 Å². The third-order valence-electron chi connectivity index (χ3n) is 5.85. The SMILES string of the molecule is C[C@H](C(=O)Nc1cc(Cl)ccc1Cl)N1C(=O)N[C@](C)(c2ccc3c(c2)CCC3)C1=O. The Bertz CT molecular complexity index is 1070. The zero-order valence-corrected chi connectivity index (χ0v) is 18.1. The summed E-state index contributed by atoms with van der Waals surface area (Å²) >= 11 is 12.1. The van der Waals surface area contributed by atoms with E-state index < -0.39 is 29.4 Å². The van der Waals surface area contributed by atoms with Gasteiger partial charge in [0.1, 0.15) is 11.6 Å². The summed E-state index contributed by atoms with van der Waals surface area (Å²) in [5.41, 5.74) is 2.29. The third kappa shape index (κ3) is 3.44. The summed E-state index contributed by atoms with van der Waals surface area (Å²) in [6.07, 6.45) is 3.08. The van der Waals surface area contributed by atoms with E-state index >= 15 is 0 Å². The van der Waals surface area contributed by atoms with Gasteiger partial charge in [-0.2, -0.15) is 0 Å². The predicted molar refractivity (Wildman–Crippen MR) is 116 cm³/mol. The number of imide groups is 1. The number of amides is 4. The monoisotopic (exact) mass is 445 g/mol. The molecule has 1 fully saturated rings. The Hall–Kier alpha value is -2.57. The van der Waals surface area contributed by atoms with Crippen molar-refractivity contribution in [2.75, 3.05) is 5.32 Å². The van der Waals surface area contributed by atoms with Crippen LogP contribution in [0, 0.1) is 0 Å². The number of hydrogen-bond acceptors (Lipinski definition) is 3. The van der Waals surface area contributed by atoms with Crippen LogP contribution in [0.5, 0.6) is 0 Å². The molecule has 2 aromatic carbocycles. The second-order valence-electron chi connectivity index (χ2n) is 7.86. The molecule has 0 spiro atoms. The van der Waals surface area contributed by atoms with Gasteiger partial charge in [-0.3, -0.25) is 9.59 Å². The van der Waals surface area contributed by atoms with Gasteiger partial charge >= 0.3 is 6.03 Å². The van der Waals surface area contributed by atoms with Crippen LogP contribution in [0.4, 0.5) is 10.5 Å². The maximum absolute atomic E-state index is 13.3. The fourth-order valence-corrected chi connectivity index (χ4v) is 4.38. The lowest BCUT2D eigenvalue weighted by atomic mass is 9.89. The van der Waals surface area contributed by atoms with Crippen LogP contribution in [0.25, 0.3) is 0 Å². The number of hydrogen-bond donors (Lipinski definition) is 2. The number of nitrogens with zero attached hydrogens (tertiary/aromatic N) is 1. The molecule has 1 heterocycles. The zero-order chi connectivity index (χ0) is 21.6. The first-order valence-corrected chi connectivity index (χ1v) is 10.5. The maximum atomic E-state index is 13.3. The van der Waals surface area contributed by atoms with E-state index in [-0.39, 0.29) is 0 Å². The van der Waals surface area contributed by atoms with Crippen molar-refractivity contribution in [3.8, 4) is 0 Å². The average Bonchev–Trinajstić information content (AvgIpc) is 3.26. The fraction of sp³-hybridized carbons (Fsp3) is 0.318. The van der Waals surface area contributed by atoms with Crippen LogP contribution in [-0.2, 0) is 28.0 Å². The molecule has 4 rings (SSSR count). The van der Waals surface area contributed by atoms with Crippen molar-refractivity contribution < 1.29 is 14.4 Å². The van der Waals surface area contributed by atoms with Crippen molar-refractivity contribution in [1.82, 2.24) is 10.2 Å². The standard InChI is InChI=1S/C22H21Cl2N3O3/c1-12(19(28)25-18-11-16(23)8-9-17(18)24)27-20(29)22(2,26-21(27)30)15-7-6-13-4-3-5-14(13)10-15/h6-12H,3-5H2,1-2H3,(H,25,28)(H,26,30)/t12-,22-/m1/s1. The van der Waals surface area contributed by atoms with E-state index in [9.17, 15) is 14.4 Å². The number of benzene rings is 2. The number of carbonyl (C=O) groups is 3. The Labute approximate surface area is 184 Å². The van der Waals surface area contributed by atoms with E-state index in [1.165, 1.54) is 24.1 Å². The number of halogens is 2. The normalized spacial score (nSPS) is 21.4. The van der Waals surface area contributed by atoms with Crippen LogP contribution in [-0.4, -0.2) is 28.8 Å². The second-order valence-corrected chi connectivity index (χ2v) is 8.70. The van der Waals surface area contributed by atoms with E-state index in [0.29, 0.717) is 15.7 Å². The maximum Gasteiger partial charge on any atom is 0.326 e. The van der Waals surface area contributed by atoms with Gasteiger partial charge in [-0.25, -0.2) is 9.69 Å². The van der Waals surface area contributed by atoms with Gasteiger partial charge in [-0.15, -0.1) is 0 Å². The molecular weight excluding hydrogens is 425 g/mol. The van der Waals surface area contributed by atoms with Gasteiger partial charge in [0.2, 0.25) is 5.91 Å². The lowest BCUT2D eigenvalue weighted by Gasteiger charge is -2.25. The van der Waals surface area contributed by atoms with Crippen molar-refractivity contribution in [2.45, 2.75) is 44.7 Å². The number of urea groups is 1. The van der Waals surface area contributed by atoms with E-state index in [2.05, 4.69) is 10.6 Å². The minimum atomic E-state index is -1.23. The van der Waals surface area contributed by atoms with Crippen LogP contribution >= 0.6 is 23.2 Å². The van der Waals surface area contributed by atoms with Gasteiger partial charge < -0.3 is 10.6 Å². The van der Waals surface area contributed by atoms with Gasteiger partial charge in [-0.05, 0) is 68.0 Å². The molecule has 4 amide bonds. The molecule has 8 heteroatoms. The molecule has 0 aromatic heterocycles. The van der Waals surface area contributed by atoms with Gasteiger partial charge in [0.05, 0.1) is 10.7 Å². The van der Waals surface area contributed by atoms with E-state index in [1.807, 2.05) is 18.2 Å². The summed E-state index contributed by atoms with van der Waals surface area (Å²) in [6, 6.07) is 8.90. The van der Waals surface area contributed by atoms with Crippen molar-refractivity contribution in [1.29, 1.82) is 0 Å². The van der Waals surface area contributed by atoms with E-state index in [4.69, 9.17) is 23.2 Å². The van der Waals surface area contributed by atoms with Gasteiger partial charge in [0.15, 0.2) is 0 Å². The van der Waals surface area contributed by atoms with Crippen LogP contribution in [0.1, 0.15) is 37.0 Å². The predicted octanol–water partition coefficient (Wildman–Crippen LogP) is 4.28. The molecule has 1 saturated heterocycles. The minimum Gasteiger partial charge on any atom is -0.323 e. The first-order chi connectivity index (χ1) is 14.2. The Kier molecular flexibility index (Phi) is 5.24. The Morgan fingerprint density at radius 3 is 2.63 bits per heavy atom. The summed E-state index contributed by atoms with van der Waals surface area (Å²) in [5.74, 6) is -1.01. The van der Waals surface area contributed by atoms with E-state index in [1.54, 1.807) is 19.1 Å². The molecule has 156 valence electrons. The highest BCUT2D eigenvalue weighted by Crippen LogP contribution is 2.34. The summed E-state index contributed by atoms with van der Waals surface area (Å²) in [5, 5.41) is 6.12. The van der Waals surface area contributed by atoms with Crippen LogP contribution in [0.3, 0.4) is 0 Å². The number of aryl methyl sites for hydroxylation is 2. The van der Waals surface area contributed by atoms with Gasteiger partial charge in [0, 0.05) is 5.02 Å². The van der Waals surface area contributed by atoms with Crippen molar-refractivity contribution in [3.63, 3.8) is 0 Å². The number of carbonyl (C=O) groups excluding carboxylic acids is 3. The van der Waals surface area contributed by atoms with Crippen LogP contribution < -0.4 is 10.6 Å². The Morgan fingerprint density at radius 2 is 1.87 bits per heavy atom. The summed E-state index contributed by atoms with van der Waals surface area (Å²) in [7, 11) is 0. The molecule has 1 aliphatic heterocycles. The highest BCUT2D eigenvalue weighted by molar-refractivity contribution is 6.35. The summed E-state index contributed by atoms with van der Waals surface area (Å²) in [6.45, 7) is 3.17. The van der Waals surface area contributed by atoms with Crippen molar-refractivity contribution in [3.05, 3.63) is 63.1 Å². The Balaban J connectivity index is 1.57. The van der Waals surface area contributed by atoms with Crippen molar-refractivity contribution >= 4 is 46.7 Å². The molecule has 6 nitrogen and oxygen atoms in total. The summed E-state index contributed by atoms with van der Waals surface area (Å²) < 4.78 is 0. The molecule has 2 atom stereocenters. The fourth-order valence-electron chi connectivity index (χ4n) is 4.04. The molecule has 1 aliphatic carbocycles. The molecule has 0 unspecified atom stereocenters. The lowest BCUT2D eigenvalue weighted by Crippen LogP contribution is -2.47. The van der Waals surface area contributed by atoms with Crippen LogP contribution in [0.2, 0.25) is 10.0 Å². The molecule has 2 N–H and O–H groups in total. The molecular formula is C22H21Cl2N3O3. The largest absolute Gasteiger partial charge is 0.326 e. The molecule has 2 aliphatic rings. The first kappa shape index (κ1) is 20.7. The minimum absolute atomic E-state index is 0.306. The average molecular weight is 446 g/mol. The highest BCUT2D eigenvalue weighted by atomic mass is 35.5. The smallest absolute Gasteiger partial charge is 0.323 e. The quantitative estimate of drug-likeness (QED) is 0.689. The second kappa shape index (κ2) is 7.60. The number of rotatable bonds is 4. The van der Waals surface area contributed by atoms with Gasteiger partial charge in [0.25, 0.3) is 5.91 Å². The Morgan fingerprint density at radius 1 is 1.13 bits per heavy atom. The first-order valence-electron chi connectivity index (χ1n) is 9.74.